The van der Waals surface area contributed by atoms with Gasteiger partial charge < -0.3 is 20.4 Å². The monoisotopic (exact) mass is 505 g/mol. The Morgan fingerprint density at radius 2 is 1.93 bits per heavy atom. The third-order valence-corrected chi connectivity index (χ3v) is 5.56. The van der Waals surface area contributed by atoms with Crippen LogP contribution < -0.4 is 10.6 Å². The van der Waals surface area contributed by atoms with E-state index in [0.29, 0.717) is 5.25 Å². The highest BCUT2D eigenvalue weighted by Gasteiger charge is 2.11. The van der Waals surface area contributed by atoms with Crippen molar-refractivity contribution in [1.29, 1.82) is 0 Å². The predicted octanol–water partition coefficient (Wildman–Crippen LogP) is 2.98. The zero-order valence-corrected chi connectivity index (χ0v) is 20.1. The maximum atomic E-state index is 4.77. The minimum absolute atomic E-state index is 0. The average Bonchev–Trinajstić information content (AvgIpc) is 2.85. The van der Waals surface area contributed by atoms with Crippen LogP contribution in [-0.2, 0) is 0 Å². The van der Waals surface area contributed by atoms with Crippen molar-refractivity contribution in [2.45, 2.75) is 30.4 Å². The highest BCUT2D eigenvalue weighted by Crippen LogP contribution is 2.22. The van der Waals surface area contributed by atoms with E-state index < -0.39 is 0 Å². The fourth-order valence-corrected chi connectivity index (χ4v) is 3.91. The van der Waals surface area contributed by atoms with Crippen LogP contribution in [0.2, 0.25) is 0 Å². The van der Waals surface area contributed by atoms with E-state index in [-0.39, 0.29) is 24.0 Å². The molecule has 1 aliphatic heterocycles. The van der Waals surface area contributed by atoms with Gasteiger partial charge in [0.1, 0.15) is 0 Å². The summed E-state index contributed by atoms with van der Waals surface area (Å²) in [4.78, 5) is 11.0. The molecule has 1 atom stereocenters. The summed E-state index contributed by atoms with van der Waals surface area (Å²) in [5.41, 5.74) is 0. The van der Waals surface area contributed by atoms with Gasteiger partial charge in [-0.3, -0.25) is 4.99 Å². The maximum absolute atomic E-state index is 4.77. The Morgan fingerprint density at radius 3 is 2.67 bits per heavy atom. The summed E-state index contributed by atoms with van der Waals surface area (Å²) in [7, 11) is 2.21. The van der Waals surface area contributed by atoms with Crippen LogP contribution in [-0.4, -0.2) is 80.4 Å². The van der Waals surface area contributed by atoms with Gasteiger partial charge in [0.2, 0.25) is 0 Å². The molecule has 0 spiro atoms. The number of nitrogens with one attached hydrogen (secondary N) is 2. The van der Waals surface area contributed by atoms with Crippen LogP contribution in [0.4, 0.5) is 0 Å². The van der Waals surface area contributed by atoms with E-state index in [1.54, 1.807) is 0 Å². The molecule has 2 rings (SSSR count). The van der Waals surface area contributed by atoms with Gasteiger partial charge in [0, 0.05) is 42.9 Å². The van der Waals surface area contributed by atoms with Crippen LogP contribution in [0, 0.1) is 0 Å². The lowest BCUT2D eigenvalue weighted by molar-refractivity contribution is 0.280. The summed E-state index contributed by atoms with van der Waals surface area (Å²) in [5.74, 6) is 0.931. The first-order valence-electron chi connectivity index (χ1n) is 9.82. The summed E-state index contributed by atoms with van der Waals surface area (Å²) < 4.78 is 0. The highest BCUT2D eigenvalue weighted by atomic mass is 127. The predicted molar refractivity (Wildman–Crippen MR) is 130 cm³/mol. The van der Waals surface area contributed by atoms with Crippen LogP contribution in [0.5, 0.6) is 0 Å². The summed E-state index contributed by atoms with van der Waals surface area (Å²) >= 11 is 1.88. The number of benzene rings is 1. The van der Waals surface area contributed by atoms with E-state index in [4.69, 9.17) is 4.99 Å². The minimum Gasteiger partial charge on any atom is -0.357 e. The lowest BCUT2D eigenvalue weighted by Gasteiger charge is -2.21. The fraction of sp³-hybridized carbons (Fsp3) is 0.650. The molecule has 154 valence electrons. The Kier molecular flexibility index (Phi) is 13.2. The first-order valence-corrected chi connectivity index (χ1v) is 10.7. The molecule has 27 heavy (non-hydrogen) atoms. The fourth-order valence-electron chi connectivity index (χ4n) is 2.99. The molecule has 1 aromatic carbocycles. The number of halogens is 1. The molecule has 1 fully saturated rings. The van der Waals surface area contributed by atoms with Gasteiger partial charge in [-0.25, -0.2) is 0 Å². The van der Waals surface area contributed by atoms with Crippen LogP contribution in [0.25, 0.3) is 0 Å². The van der Waals surface area contributed by atoms with Crippen LogP contribution in [0.3, 0.4) is 0 Å². The van der Waals surface area contributed by atoms with Gasteiger partial charge in [0.15, 0.2) is 5.96 Å². The number of hydrogen-bond donors (Lipinski definition) is 2. The molecule has 1 aliphatic rings. The summed E-state index contributed by atoms with van der Waals surface area (Å²) in [6, 6.07) is 10.6. The van der Waals surface area contributed by atoms with E-state index in [9.17, 15) is 0 Å². The zero-order valence-electron chi connectivity index (χ0n) is 17.0. The molecule has 7 heteroatoms. The van der Waals surface area contributed by atoms with Crippen molar-refractivity contribution in [3.8, 4) is 0 Å². The molecule has 0 amide bonds. The highest BCUT2D eigenvalue weighted by molar-refractivity contribution is 14.0. The normalized spacial score (nSPS) is 17.7. The van der Waals surface area contributed by atoms with Gasteiger partial charge in [0.25, 0.3) is 0 Å². The zero-order chi connectivity index (χ0) is 18.6. The second-order valence-electron chi connectivity index (χ2n) is 6.89. The molecule has 1 aromatic rings. The van der Waals surface area contributed by atoms with Crippen molar-refractivity contribution in [2.24, 2.45) is 4.99 Å². The molecule has 2 N–H and O–H groups in total. The Balaban J connectivity index is 0.00000364. The smallest absolute Gasteiger partial charge is 0.191 e. The number of thioether (sulfide) groups is 1. The molecule has 0 saturated carbocycles. The van der Waals surface area contributed by atoms with Gasteiger partial charge in [-0.2, -0.15) is 0 Å². The Labute approximate surface area is 186 Å². The molecule has 1 saturated heterocycles. The first-order chi connectivity index (χ1) is 12.7. The number of hydrogen-bond acceptors (Lipinski definition) is 4. The van der Waals surface area contributed by atoms with Crippen molar-refractivity contribution in [3.05, 3.63) is 30.3 Å². The summed E-state index contributed by atoms with van der Waals surface area (Å²) in [6.45, 7) is 12.8. The maximum Gasteiger partial charge on any atom is 0.191 e. The summed E-state index contributed by atoms with van der Waals surface area (Å²) in [6.07, 6.45) is 1.26. The number of rotatable bonds is 8. The standard InChI is InChI=1S/C20H35N5S.HI/c1-4-21-20(22-11-14-25-13-8-12-24(3)15-16-25)23-17-18(2)26-19-9-6-5-7-10-19;/h5-7,9-10,18H,4,8,11-17H2,1-3H3,(H2,21,22,23);1H. The van der Waals surface area contributed by atoms with Crippen LogP contribution in [0.1, 0.15) is 20.3 Å². The molecule has 0 aromatic heterocycles. The Bertz CT molecular complexity index is 528. The van der Waals surface area contributed by atoms with E-state index in [0.717, 1.165) is 38.7 Å². The van der Waals surface area contributed by atoms with Gasteiger partial charge in [-0.05, 0) is 45.6 Å². The Morgan fingerprint density at radius 1 is 1.15 bits per heavy atom. The lowest BCUT2D eigenvalue weighted by Crippen LogP contribution is -2.42. The molecule has 1 heterocycles. The lowest BCUT2D eigenvalue weighted by atomic mass is 10.4. The number of nitrogens with zero attached hydrogens (tertiary/aromatic N) is 3. The van der Waals surface area contributed by atoms with Crippen molar-refractivity contribution in [3.63, 3.8) is 0 Å². The molecular formula is C20H36IN5S. The second-order valence-corrected chi connectivity index (χ2v) is 8.40. The number of aliphatic imine (C=N–C) groups is 1. The van der Waals surface area contributed by atoms with Crippen molar-refractivity contribution in [2.75, 3.05) is 59.4 Å². The number of guanidine groups is 1. The summed E-state index contributed by atoms with van der Waals surface area (Å²) in [5, 5.41) is 7.31. The molecule has 1 unspecified atom stereocenters. The van der Waals surface area contributed by atoms with Gasteiger partial charge in [0.05, 0.1) is 6.54 Å². The molecule has 0 bridgehead atoms. The van der Waals surface area contributed by atoms with E-state index in [1.165, 1.54) is 31.0 Å². The van der Waals surface area contributed by atoms with Crippen molar-refractivity contribution in [1.82, 2.24) is 20.4 Å². The largest absolute Gasteiger partial charge is 0.357 e. The van der Waals surface area contributed by atoms with Crippen LogP contribution in [0.15, 0.2) is 40.2 Å². The van der Waals surface area contributed by atoms with E-state index in [2.05, 4.69) is 71.7 Å². The van der Waals surface area contributed by atoms with E-state index >= 15 is 0 Å². The molecule has 0 aliphatic carbocycles. The Hall–Kier alpha value is -0.510. The third-order valence-electron chi connectivity index (χ3n) is 4.46. The first kappa shape index (κ1) is 24.5. The molecule has 0 radical (unpaired) electrons. The van der Waals surface area contributed by atoms with Crippen LogP contribution >= 0.6 is 35.7 Å². The quantitative estimate of drug-likeness (QED) is 0.246. The SMILES string of the molecule is CCNC(=NCC(C)Sc1ccccc1)NCCN1CCCN(C)CC1.I. The molecule has 5 nitrogen and oxygen atoms in total. The van der Waals surface area contributed by atoms with Gasteiger partial charge in [-0.1, -0.05) is 25.1 Å². The van der Waals surface area contributed by atoms with E-state index in [1.807, 2.05) is 11.8 Å². The van der Waals surface area contributed by atoms with Gasteiger partial charge >= 0.3 is 0 Å². The number of likely N-dealkylation sites (N-methyl/N-ethyl adjacent to an activating group) is 1. The van der Waals surface area contributed by atoms with Crippen molar-refractivity contribution < 1.29 is 0 Å². The second kappa shape index (κ2) is 14.5. The topological polar surface area (TPSA) is 42.9 Å². The minimum atomic E-state index is 0. The third kappa shape index (κ3) is 10.6. The average molecular weight is 506 g/mol. The van der Waals surface area contributed by atoms with Gasteiger partial charge in [-0.15, -0.1) is 35.7 Å². The van der Waals surface area contributed by atoms with Crippen molar-refractivity contribution >= 4 is 41.7 Å². The molecular weight excluding hydrogens is 469 g/mol.